The molecule has 10 heteroatoms. The van der Waals surface area contributed by atoms with Crippen molar-refractivity contribution in [2.75, 3.05) is 13.1 Å². The van der Waals surface area contributed by atoms with E-state index in [0.717, 1.165) is 42.4 Å². The van der Waals surface area contributed by atoms with E-state index in [1.807, 2.05) is 10.8 Å². The van der Waals surface area contributed by atoms with Crippen molar-refractivity contribution >= 4 is 18.0 Å². The van der Waals surface area contributed by atoms with E-state index in [4.69, 9.17) is 10.5 Å². The third-order valence-electron chi connectivity index (χ3n) is 6.66. The van der Waals surface area contributed by atoms with Crippen LogP contribution >= 0.6 is 0 Å². The van der Waals surface area contributed by atoms with Crippen molar-refractivity contribution < 1.29 is 23.1 Å². The smallest absolute Gasteiger partial charge is 0.246 e. The number of ether oxygens (including phenoxy) is 1. The molecular formula is C27H25F2N5O3. The Hall–Kier alpha value is -4.47. The Balaban J connectivity index is 1.53. The number of benzene rings is 2. The summed E-state index contributed by atoms with van der Waals surface area (Å²) in [5.41, 5.74) is 11.9. The second kappa shape index (κ2) is 9.88. The minimum Gasteiger partial charge on any atom is -0.451 e. The number of nitrogens with two attached hydrogens (primary N) is 1. The monoisotopic (exact) mass is 505 g/mol. The number of carbonyl (C=O) groups is 2. The Morgan fingerprint density at radius 2 is 1.92 bits per heavy atom. The van der Waals surface area contributed by atoms with Crippen LogP contribution in [-0.2, 0) is 9.59 Å². The number of amidine groups is 1. The average molecular weight is 506 g/mol. The number of rotatable bonds is 6. The fourth-order valence-corrected chi connectivity index (χ4v) is 4.91. The van der Waals surface area contributed by atoms with E-state index < -0.39 is 23.4 Å². The van der Waals surface area contributed by atoms with Gasteiger partial charge in [-0.3, -0.25) is 10.2 Å². The van der Waals surface area contributed by atoms with Gasteiger partial charge >= 0.3 is 0 Å². The molecule has 1 aromatic heterocycles. The lowest BCUT2D eigenvalue weighted by Gasteiger charge is -2.35. The Kier molecular flexibility index (Phi) is 6.47. The van der Waals surface area contributed by atoms with Gasteiger partial charge in [0.15, 0.2) is 23.2 Å². The van der Waals surface area contributed by atoms with Crippen LogP contribution in [0.2, 0.25) is 0 Å². The molecule has 0 bridgehead atoms. The zero-order valence-electron chi connectivity index (χ0n) is 19.9. The van der Waals surface area contributed by atoms with Crippen LogP contribution in [0, 0.1) is 11.6 Å². The lowest BCUT2D eigenvalue weighted by molar-refractivity contribution is -0.127. The van der Waals surface area contributed by atoms with Crippen LogP contribution in [0.4, 0.5) is 8.78 Å². The number of fused-ring (bicyclic) bond motifs is 1. The fraction of sp³-hybridized carbons (Fsp3) is 0.222. The minimum atomic E-state index is -0.803. The quantitative estimate of drug-likeness (QED) is 0.389. The summed E-state index contributed by atoms with van der Waals surface area (Å²) in [5, 5.41) is 4.13. The molecule has 0 aliphatic carbocycles. The summed E-state index contributed by atoms with van der Waals surface area (Å²) in [6.07, 6.45) is 5.59. The zero-order chi connectivity index (χ0) is 26.1. The number of carbonyl (C=O) groups excluding carboxylic acids is 2. The van der Waals surface area contributed by atoms with Crippen molar-refractivity contribution in [3.05, 3.63) is 84.2 Å². The second-order valence-electron chi connectivity index (χ2n) is 8.91. The van der Waals surface area contributed by atoms with E-state index in [0.29, 0.717) is 24.3 Å². The van der Waals surface area contributed by atoms with Gasteiger partial charge in [0.1, 0.15) is 18.1 Å². The Morgan fingerprint density at radius 1 is 1.19 bits per heavy atom. The Bertz CT molecular complexity index is 1380. The number of hydrogen-bond acceptors (Lipinski definition) is 6. The molecule has 1 amide bonds. The largest absolute Gasteiger partial charge is 0.451 e. The molecule has 2 aliphatic rings. The number of amides is 1. The van der Waals surface area contributed by atoms with Crippen LogP contribution in [-0.4, -0.2) is 40.6 Å². The minimum absolute atomic E-state index is 0.0815. The van der Waals surface area contributed by atoms with Crippen LogP contribution in [0.15, 0.2) is 66.4 Å². The lowest BCUT2D eigenvalue weighted by Crippen LogP contribution is -2.41. The Morgan fingerprint density at radius 3 is 2.59 bits per heavy atom. The standard InChI is InChI=1S/C27H25F2N5O3/c1-2-23(36)33-12-4-5-17(13-33)34-14-19(24-25(34)22(15-35)31-32-27(24)30)16-8-10-18(11-9-16)37-26-20(28)6-3-7-21(26)29/h2-3,6-11,14-15,17,22,31H,1,4-5,12-13H2,(H2,30,32)/t17?,22-/m0/s1. The number of halogens is 2. The number of aldehydes is 1. The maximum absolute atomic E-state index is 14.0. The maximum Gasteiger partial charge on any atom is 0.246 e. The van der Waals surface area contributed by atoms with Crippen molar-refractivity contribution in [1.29, 1.82) is 0 Å². The third-order valence-corrected chi connectivity index (χ3v) is 6.66. The first-order valence-electron chi connectivity index (χ1n) is 11.8. The van der Waals surface area contributed by atoms with Crippen molar-refractivity contribution in [2.45, 2.75) is 24.9 Å². The number of para-hydroxylation sites is 1. The van der Waals surface area contributed by atoms with Gasteiger partial charge in [-0.1, -0.05) is 24.8 Å². The van der Waals surface area contributed by atoms with Crippen LogP contribution < -0.4 is 15.9 Å². The van der Waals surface area contributed by atoms with Crippen LogP contribution in [0.1, 0.15) is 36.2 Å². The first-order chi connectivity index (χ1) is 17.9. The normalized spacial score (nSPS) is 18.9. The molecule has 3 N–H and O–H groups in total. The number of likely N-dealkylation sites (tertiary alicyclic amines) is 1. The summed E-state index contributed by atoms with van der Waals surface area (Å²) >= 11 is 0. The van der Waals surface area contributed by atoms with Gasteiger partial charge in [-0.2, -0.15) is 5.10 Å². The number of nitrogens with one attached hydrogen (secondary N) is 1. The highest BCUT2D eigenvalue weighted by molar-refractivity contribution is 6.06. The Labute approximate surface area is 212 Å². The molecule has 0 radical (unpaired) electrons. The summed E-state index contributed by atoms with van der Waals surface area (Å²) in [5.74, 6) is -1.75. The highest BCUT2D eigenvalue weighted by Crippen LogP contribution is 2.38. The van der Waals surface area contributed by atoms with E-state index in [1.54, 1.807) is 29.2 Å². The van der Waals surface area contributed by atoms with E-state index in [2.05, 4.69) is 17.1 Å². The van der Waals surface area contributed by atoms with E-state index >= 15 is 0 Å². The van der Waals surface area contributed by atoms with Gasteiger partial charge in [0.05, 0.1) is 11.7 Å². The van der Waals surface area contributed by atoms with Crippen LogP contribution in [0.5, 0.6) is 11.5 Å². The first kappa shape index (κ1) is 24.2. The molecule has 2 aromatic carbocycles. The van der Waals surface area contributed by atoms with Gasteiger partial charge in [0, 0.05) is 30.4 Å². The molecule has 37 heavy (non-hydrogen) atoms. The van der Waals surface area contributed by atoms with E-state index in [1.165, 1.54) is 12.1 Å². The summed E-state index contributed by atoms with van der Waals surface area (Å²) in [7, 11) is 0. The van der Waals surface area contributed by atoms with Gasteiger partial charge in [0.25, 0.3) is 0 Å². The molecule has 3 heterocycles. The number of aromatic nitrogens is 1. The van der Waals surface area contributed by atoms with Gasteiger partial charge < -0.3 is 24.7 Å². The SMILES string of the molecule is C=CC(=O)N1CCCC(n2cc(-c3ccc(Oc4c(F)cccc4F)cc3)c3c2[C@H](C=O)NN=C3N)C1. The highest BCUT2D eigenvalue weighted by atomic mass is 19.1. The average Bonchev–Trinajstić information content (AvgIpc) is 3.33. The number of hydrogen-bond donors (Lipinski definition) is 2. The summed E-state index contributed by atoms with van der Waals surface area (Å²) in [6, 6.07) is 9.40. The maximum atomic E-state index is 14.0. The molecule has 1 fully saturated rings. The molecule has 2 aliphatic heterocycles. The molecule has 1 unspecified atom stereocenters. The predicted octanol–water partition coefficient (Wildman–Crippen LogP) is 4.04. The molecular weight excluding hydrogens is 480 g/mol. The van der Waals surface area contributed by atoms with Crippen LogP contribution in [0.25, 0.3) is 11.1 Å². The third kappa shape index (κ3) is 4.46. The number of hydrazone groups is 1. The van der Waals surface area contributed by atoms with Gasteiger partial charge in [-0.05, 0) is 48.7 Å². The van der Waals surface area contributed by atoms with Gasteiger partial charge in [-0.25, -0.2) is 8.78 Å². The molecule has 5 rings (SSSR count). The van der Waals surface area contributed by atoms with Crippen molar-refractivity contribution in [2.24, 2.45) is 10.8 Å². The molecule has 3 aromatic rings. The topological polar surface area (TPSA) is 102 Å². The van der Waals surface area contributed by atoms with Crippen molar-refractivity contribution in [1.82, 2.24) is 14.9 Å². The molecule has 8 nitrogen and oxygen atoms in total. The molecule has 1 saturated heterocycles. The second-order valence-corrected chi connectivity index (χ2v) is 8.91. The molecule has 2 atom stereocenters. The first-order valence-corrected chi connectivity index (χ1v) is 11.8. The number of nitrogens with zero attached hydrogens (tertiary/aromatic N) is 3. The highest BCUT2D eigenvalue weighted by Gasteiger charge is 2.33. The van der Waals surface area contributed by atoms with Gasteiger partial charge in [-0.15, -0.1) is 0 Å². The fourth-order valence-electron chi connectivity index (χ4n) is 4.91. The number of piperidine rings is 1. The van der Waals surface area contributed by atoms with E-state index in [-0.39, 0.29) is 23.5 Å². The summed E-state index contributed by atoms with van der Waals surface area (Å²) in [4.78, 5) is 26.0. The lowest BCUT2D eigenvalue weighted by atomic mass is 9.98. The zero-order valence-corrected chi connectivity index (χ0v) is 19.9. The van der Waals surface area contributed by atoms with Crippen molar-refractivity contribution in [3.8, 4) is 22.6 Å². The predicted molar refractivity (Wildman–Crippen MR) is 134 cm³/mol. The van der Waals surface area contributed by atoms with Crippen LogP contribution in [0.3, 0.4) is 0 Å². The molecule has 0 spiro atoms. The van der Waals surface area contributed by atoms with Gasteiger partial charge in [0.2, 0.25) is 5.91 Å². The molecule has 190 valence electrons. The molecule has 0 saturated carbocycles. The summed E-state index contributed by atoms with van der Waals surface area (Å²) in [6.45, 7) is 4.69. The van der Waals surface area contributed by atoms with E-state index in [9.17, 15) is 18.4 Å². The van der Waals surface area contributed by atoms with Crippen molar-refractivity contribution in [3.63, 3.8) is 0 Å². The summed E-state index contributed by atoms with van der Waals surface area (Å²) < 4.78 is 35.4.